The number of guanidine groups is 1. The first kappa shape index (κ1) is 25.6. The Morgan fingerprint density at radius 3 is 2.31 bits per heavy atom. The molecule has 1 aliphatic heterocycles. The average Bonchev–Trinajstić information content (AvgIpc) is 2.70. The zero-order chi connectivity index (χ0) is 20.5. The molecule has 164 valence electrons. The molecule has 2 N–H and O–H groups in total. The molecule has 0 bridgehead atoms. The summed E-state index contributed by atoms with van der Waals surface area (Å²) in [5, 5.41) is 6.78. The number of carbonyl (C=O) groups is 1. The van der Waals surface area contributed by atoms with Crippen LogP contribution in [0.1, 0.15) is 29.8 Å². The van der Waals surface area contributed by atoms with Crippen LogP contribution in [0.5, 0.6) is 0 Å². The van der Waals surface area contributed by atoms with E-state index in [0.717, 1.165) is 50.8 Å². The third kappa shape index (κ3) is 8.47. The highest BCUT2D eigenvalue weighted by molar-refractivity contribution is 14.0. The molecule has 1 atom stereocenters. The predicted molar refractivity (Wildman–Crippen MR) is 131 cm³/mol. The van der Waals surface area contributed by atoms with Crippen LogP contribution in [0.4, 0.5) is 0 Å². The minimum absolute atomic E-state index is 0. The Labute approximate surface area is 192 Å². The lowest BCUT2D eigenvalue weighted by Gasteiger charge is -2.36. The summed E-state index contributed by atoms with van der Waals surface area (Å²) in [6, 6.07) is 8.13. The summed E-state index contributed by atoms with van der Waals surface area (Å²) >= 11 is 0. The highest BCUT2D eigenvalue weighted by atomic mass is 127. The second-order valence-corrected chi connectivity index (χ2v) is 7.66. The van der Waals surface area contributed by atoms with Crippen molar-refractivity contribution in [2.75, 3.05) is 60.4 Å². The van der Waals surface area contributed by atoms with Crippen molar-refractivity contribution in [3.05, 3.63) is 35.4 Å². The molecule has 1 unspecified atom stereocenters. The molecule has 1 fully saturated rings. The molecule has 0 aromatic heterocycles. The molecule has 1 amide bonds. The minimum atomic E-state index is 0. The number of nitrogens with zero attached hydrogens (tertiary/aromatic N) is 4. The molecule has 1 aliphatic rings. The molecule has 2 rings (SSSR count). The van der Waals surface area contributed by atoms with Gasteiger partial charge in [-0.2, -0.15) is 0 Å². The van der Waals surface area contributed by atoms with Gasteiger partial charge in [0.25, 0.3) is 5.91 Å². The van der Waals surface area contributed by atoms with Gasteiger partial charge >= 0.3 is 0 Å². The van der Waals surface area contributed by atoms with Gasteiger partial charge in [0.15, 0.2) is 5.96 Å². The van der Waals surface area contributed by atoms with Crippen molar-refractivity contribution >= 4 is 35.8 Å². The number of rotatable bonds is 7. The van der Waals surface area contributed by atoms with Crippen LogP contribution < -0.4 is 10.6 Å². The van der Waals surface area contributed by atoms with Crippen LogP contribution >= 0.6 is 24.0 Å². The smallest absolute Gasteiger partial charge is 0.253 e. The van der Waals surface area contributed by atoms with Crippen LogP contribution in [-0.4, -0.2) is 93.0 Å². The molecule has 1 aromatic rings. The molecule has 7 nitrogen and oxygen atoms in total. The van der Waals surface area contributed by atoms with E-state index in [2.05, 4.69) is 41.3 Å². The second kappa shape index (κ2) is 13.0. The summed E-state index contributed by atoms with van der Waals surface area (Å²) < 4.78 is 0. The van der Waals surface area contributed by atoms with Crippen molar-refractivity contribution in [2.24, 2.45) is 4.99 Å². The van der Waals surface area contributed by atoms with Crippen molar-refractivity contribution in [3.63, 3.8) is 0 Å². The Morgan fingerprint density at radius 2 is 1.76 bits per heavy atom. The van der Waals surface area contributed by atoms with Gasteiger partial charge < -0.3 is 20.4 Å². The number of aliphatic imine (C=N–C) groups is 1. The highest BCUT2D eigenvalue weighted by Crippen LogP contribution is 2.08. The van der Waals surface area contributed by atoms with E-state index in [4.69, 9.17) is 4.99 Å². The van der Waals surface area contributed by atoms with Crippen molar-refractivity contribution in [1.29, 1.82) is 0 Å². The van der Waals surface area contributed by atoms with Crippen molar-refractivity contribution < 1.29 is 4.79 Å². The number of likely N-dealkylation sites (N-methyl/N-ethyl adjacent to an activating group) is 1. The van der Waals surface area contributed by atoms with Crippen molar-refractivity contribution in [1.82, 2.24) is 25.3 Å². The molecule has 0 spiro atoms. The van der Waals surface area contributed by atoms with E-state index in [1.165, 1.54) is 0 Å². The minimum Gasteiger partial charge on any atom is -0.357 e. The van der Waals surface area contributed by atoms with E-state index in [0.29, 0.717) is 18.2 Å². The number of amides is 1. The van der Waals surface area contributed by atoms with Gasteiger partial charge in [0.1, 0.15) is 0 Å². The summed E-state index contributed by atoms with van der Waals surface area (Å²) in [5.41, 5.74) is 1.78. The molecular weight excluding hydrogens is 479 g/mol. The fourth-order valence-corrected chi connectivity index (χ4v) is 3.16. The molecule has 29 heavy (non-hydrogen) atoms. The average molecular weight is 516 g/mol. The molecule has 1 heterocycles. The third-order valence-corrected chi connectivity index (χ3v) is 5.10. The van der Waals surface area contributed by atoms with Gasteiger partial charge in [0.2, 0.25) is 0 Å². The quantitative estimate of drug-likeness (QED) is 0.328. The van der Waals surface area contributed by atoms with Gasteiger partial charge in [-0.1, -0.05) is 12.1 Å². The molecule has 1 aromatic carbocycles. The number of hydrogen-bond donors (Lipinski definition) is 2. The number of carbonyl (C=O) groups excluding carboxylic acids is 1. The monoisotopic (exact) mass is 516 g/mol. The van der Waals surface area contributed by atoms with Crippen LogP contribution in [0, 0.1) is 0 Å². The summed E-state index contributed by atoms with van der Waals surface area (Å²) in [4.78, 5) is 23.2. The Morgan fingerprint density at radius 1 is 1.14 bits per heavy atom. The van der Waals surface area contributed by atoms with Crippen molar-refractivity contribution in [2.45, 2.75) is 26.4 Å². The van der Waals surface area contributed by atoms with Crippen LogP contribution in [0.15, 0.2) is 29.3 Å². The van der Waals surface area contributed by atoms with Gasteiger partial charge in [0, 0.05) is 65.0 Å². The molecule has 0 saturated carbocycles. The van der Waals surface area contributed by atoms with E-state index in [-0.39, 0.29) is 29.9 Å². The lowest BCUT2D eigenvalue weighted by Crippen LogP contribution is -2.52. The predicted octanol–water partition coefficient (Wildman–Crippen LogP) is 1.70. The first-order chi connectivity index (χ1) is 13.4. The molecule has 8 heteroatoms. The van der Waals surface area contributed by atoms with Crippen LogP contribution in [0.2, 0.25) is 0 Å². The molecule has 0 radical (unpaired) electrons. The Balaban J connectivity index is 0.00000420. The zero-order valence-corrected chi connectivity index (χ0v) is 20.8. The lowest BCUT2D eigenvalue weighted by molar-refractivity contribution is 0.0827. The summed E-state index contributed by atoms with van der Waals surface area (Å²) in [5.74, 6) is 0.847. The molecule has 0 aliphatic carbocycles. The van der Waals surface area contributed by atoms with Crippen molar-refractivity contribution in [3.8, 4) is 0 Å². The molecule has 1 saturated heterocycles. The first-order valence-electron chi connectivity index (χ1n) is 10.2. The Bertz CT molecular complexity index is 641. The maximum atomic E-state index is 12.0. The topological polar surface area (TPSA) is 63.2 Å². The number of halogens is 1. The van der Waals surface area contributed by atoms with Gasteiger partial charge in [-0.3, -0.25) is 9.69 Å². The fourth-order valence-electron chi connectivity index (χ4n) is 3.16. The van der Waals surface area contributed by atoms with E-state index < -0.39 is 0 Å². The van der Waals surface area contributed by atoms with Gasteiger partial charge in [0.05, 0.1) is 6.54 Å². The maximum Gasteiger partial charge on any atom is 0.253 e. The summed E-state index contributed by atoms with van der Waals surface area (Å²) in [7, 11) is 5.70. The SMILES string of the molecule is CCNC(=NCc1ccc(C(=O)N(C)C)cc1)NCC(C)N1CCN(C)CC1.I. The number of nitrogens with one attached hydrogen (secondary N) is 2. The van der Waals surface area contributed by atoms with E-state index in [9.17, 15) is 4.79 Å². The molecular formula is C21H37IN6O. The number of hydrogen-bond acceptors (Lipinski definition) is 4. The Kier molecular flexibility index (Phi) is 11.5. The second-order valence-electron chi connectivity index (χ2n) is 7.66. The van der Waals surface area contributed by atoms with Crippen LogP contribution in [0.25, 0.3) is 0 Å². The zero-order valence-electron chi connectivity index (χ0n) is 18.4. The largest absolute Gasteiger partial charge is 0.357 e. The maximum absolute atomic E-state index is 12.0. The standard InChI is InChI=1S/C21H36N6O.HI/c1-6-22-21(23-15-17(2)27-13-11-26(5)12-14-27)24-16-18-7-9-19(10-8-18)20(28)25(3)4;/h7-10,17H,6,11-16H2,1-5H3,(H2,22,23,24);1H. The van der Waals surface area contributed by atoms with Gasteiger partial charge in [-0.25, -0.2) is 4.99 Å². The van der Waals surface area contributed by atoms with E-state index >= 15 is 0 Å². The summed E-state index contributed by atoms with van der Waals surface area (Å²) in [6.07, 6.45) is 0. The summed E-state index contributed by atoms with van der Waals surface area (Å²) in [6.45, 7) is 11.1. The highest BCUT2D eigenvalue weighted by Gasteiger charge is 2.19. The van der Waals surface area contributed by atoms with Crippen LogP contribution in [-0.2, 0) is 6.54 Å². The van der Waals surface area contributed by atoms with E-state index in [1.54, 1.807) is 19.0 Å². The third-order valence-electron chi connectivity index (χ3n) is 5.10. The number of piperazine rings is 1. The van der Waals surface area contributed by atoms with Gasteiger partial charge in [-0.05, 0) is 38.6 Å². The Hall–Kier alpha value is -1.39. The van der Waals surface area contributed by atoms with E-state index in [1.807, 2.05) is 24.3 Å². The number of benzene rings is 1. The van der Waals surface area contributed by atoms with Crippen LogP contribution in [0.3, 0.4) is 0 Å². The first-order valence-corrected chi connectivity index (χ1v) is 10.2. The van der Waals surface area contributed by atoms with Gasteiger partial charge in [-0.15, -0.1) is 24.0 Å². The normalized spacial score (nSPS) is 16.7. The fraction of sp³-hybridized carbons (Fsp3) is 0.619. The lowest BCUT2D eigenvalue weighted by atomic mass is 10.1.